The van der Waals surface area contributed by atoms with Crippen molar-refractivity contribution in [2.24, 2.45) is 7.05 Å². The number of ketones is 1. The molecule has 6 heteroatoms. The molecule has 1 aliphatic rings. The molecule has 0 saturated carbocycles. The SMILES string of the molecule is Cc1nc2c(C3CNCCC3=O)ncnc2n1C. The highest BCUT2D eigenvalue weighted by Gasteiger charge is 2.28. The van der Waals surface area contributed by atoms with E-state index in [9.17, 15) is 4.79 Å². The minimum Gasteiger partial charge on any atom is -0.316 e. The van der Waals surface area contributed by atoms with E-state index < -0.39 is 0 Å². The number of piperidine rings is 1. The number of carbonyl (C=O) groups excluding carboxylic acids is 1. The summed E-state index contributed by atoms with van der Waals surface area (Å²) >= 11 is 0. The van der Waals surface area contributed by atoms with Crippen molar-refractivity contribution in [2.45, 2.75) is 19.3 Å². The van der Waals surface area contributed by atoms with Gasteiger partial charge in [-0.1, -0.05) is 0 Å². The summed E-state index contributed by atoms with van der Waals surface area (Å²) in [5, 5.41) is 3.23. The number of aromatic nitrogens is 4. The molecule has 0 aromatic carbocycles. The number of nitrogens with one attached hydrogen (secondary N) is 1. The van der Waals surface area contributed by atoms with E-state index in [2.05, 4.69) is 20.3 Å². The van der Waals surface area contributed by atoms with Crippen LogP contribution in [0.25, 0.3) is 11.2 Å². The molecule has 1 saturated heterocycles. The minimum absolute atomic E-state index is 0.196. The van der Waals surface area contributed by atoms with E-state index >= 15 is 0 Å². The van der Waals surface area contributed by atoms with Crippen molar-refractivity contribution in [3.63, 3.8) is 0 Å². The molecule has 0 spiro atoms. The lowest BCUT2D eigenvalue weighted by Gasteiger charge is -2.20. The zero-order valence-electron chi connectivity index (χ0n) is 10.5. The highest BCUT2D eigenvalue weighted by molar-refractivity contribution is 5.90. The molecule has 0 amide bonds. The first-order chi connectivity index (χ1) is 8.68. The van der Waals surface area contributed by atoms with Crippen LogP contribution in [0.3, 0.4) is 0 Å². The van der Waals surface area contributed by atoms with E-state index in [4.69, 9.17) is 0 Å². The third kappa shape index (κ3) is 1.60. The summed E-state index contributed by atoms with van der Waals surface area (Å²) in [5.41, 5.74) is 2.29. The summed E-state index contributed by atoms with van der Waals surface area (Å²) < 4.78 is 1.92. The van der Waals surface area contributed by atoms with Gasteiger partial charge in [0.2, 0.25) is 0 Å². The number of nitrogens with zero attached hydrogens (tertiary/aromatic N) is 4. The maximum absolute atomic E-state index is 12.0. The summed E-state index contributed by atoms with van der Waals surface area (Å²) in [5.74, 6) is 0.915. The van der Waals surface area contributed by atoms with E-state index in [0.29, 0.717) is 13.0 Å². The van der Waals surface area contributed by atoms with Gasteiger partial charge in [0, 0.05) is 26.6 Å². The number of imidazole rings is 1. The number of fused-ring (bicyclic) bond motifs is 1. The molecule has 2 aromatic heterocycles. The Morgan fingerprint density at radius 2 is 2.28 bits per heavy atom. The Kier molecular flexibility index (Phi) is 2.59. The summed E-state index contributed by atoms with van der Waals surface area (Å²) in [4.78, 5) is 25.0. The molecule has 18 heavy (non-hydrogen) atoms. The molecule has 0 radical (unpaired) electrons. The smallest absolute Gasteiger partial charge is 0.163 e. The maximum atomic E-state index is 12.0. The fourth-order valence-electron chi connectivity index (χ4n) is 2.38. The van der Waals surface area contributed by atoms with Gasteiger partial charge in [-0.2, -0.15) is 0 Å². The average Bonchev–Trinajstić information content (AvgIpc) is 2.67. The summed E-state index contributed by atoms with van der Waals surface area (Å²) in [6.07, 6.45) is 2.07. The van der Waals surface area contributed by atoms with Gasteiger partial charge in [-0.3, -0.25) is 4.79 Å². The van der Waals surface area contributed by atoms with E-state index in [0.717, 1.165) is 29.2 Å². The highest BCUT2D eigenvalue weighted by atomic mass is 16.1. The van der Waals surface area contributed by atoms with Crippen LogP contribution in [-0.2, 0) is 11.8 Å². The standard InChI is InChI=1S/C12H15N5O/c1-7-16-11-10(8-5-13-4-3-9(8)18)14-6-15-12(11)17(7)2/h6,8,13H,3-5H2,1-2H3. The quantitative estimate of drug-likeness (QED) is 0.783. The topological polar surface area (TPSA) is 72.7 Å². The zero-order chi connectivity index (χ0) is 12.7. The van der Waals surface area contributed by atoms with Crippen molar-refractivity contribution in [3.8, 4) is 0 Å². The number of hydrogen-bond donors (Lipinski definition) is 1. The van der Waals surface area contributed by atoms with E-state index in [1.165, 1.54) is 6.33 Å². The van der Waals surface area contributed by atoms with Crippen LogP contribution < -0.4 is 5.32 Å². The number of Topliss-reactive ketones (excluding diaryl/α,β-unsaturated/α-hetero) is 1. The maximum Gasteiger partial charge on any atom is 0.163 e. The molecule has 3 rings (SSSR count). The van der Waals surface area contributed by atoms with Gasteiger partial charge in [0.05, 0.1) is 11.6 Å². The molecule has 1 atom stereocenters. The van der Waals surface area contributed by atoms with Crippen molar-refractivity contribution in [1.82, 2.24) is 24.8 Å². The molecule has 1 unspecified atom stereocenters. The van der Waals surface area contributed by atoms with Crippen LogP contribution in [0.15, 0.2) is 6.33 Å². The fraction of sp³-hybridized carbons (Fsp3) is 0.500. The van der Waals surface area contributed by atoms with Crippen LogP contribution >= 0.6 is 0 Å². The third-order valence-corrected chi connectivity index (χ3v) is 3.52. The molecule has 1 fully saturated rings. The van der Waals surface area contributed by atoms with Crippen LogP contribution in [0.1, 0.15) is 23.9 Å². The summed E-state index contributed by atoms with van der Waals surface area (Å²) in [6, 6.07) is 0. The normalized spacial score (nSPS) is 20.6. The Bertz CT molecular complexity index is 618. The first-order valence-electron chi connectivity index (χ1n) is 6.06. The zero-order valence-corrected chi connectivity index (χ0v) is 10.5. The lowest BCUT2D eigenvalue weighted by molar-refractivity contribution is -0.121. The number of carbonyl (C=O) groups is 1. The Labute approximate surface area is 104 Å². The van der Waals surface area contributed by atoms with Gasteiger partial charge in [0.15, 0.2) is 5.65 Å². The van der Waals surface area contributed by atoms with Gasteiger partial charge in [-0.25, -0.2) is 15.0 Å². The Morgan fingerprint density at radius 1 is 1.44 bits per heavy atom. The second-order valence-corrected chi connectivity index (χ2v) is 4.62. The van der Waals surface area contributed by atoms with Gasteiger partial charge >= 0.3 is 0 Å². The number of aryl methyl sites for hydroxylation is 2. The number of hydrogen-bond acceptors (Lipinski definition) is 5. The highest BCUT2D eigenvalue weighted by Crippen LogP contribution is 2.24. The lowest BCUT2D eigenvalue weighted by atomic mass is 9.94. The first-order valence-corrected chi connectivity index (χ1v) is 6.06. The van der Waals surface area contributed by atoms with E-state index in [1.54, 1.807) is 0 Å². The molecular formula is C12H15N5O. The lowest BCUT2D eigenvalue weighted by Crippen LogP contribution is -2.35. The van der Waals surface area contributed by atoms with Crippen molar-refractivity contribution >= 4 is 16.9 Å². The summed E-state index contributed by atoms with van der Waals surface area (Å²) in [6.45, 7) is 3.32. The molecule has 0 aliphatic carbocycles. The first kappa shape index (κ1) is 11.3. The molecule has 6 nitrogen and oxygen atoms in total. The van der Waals surface area contributed by atoms with Gasteiger partial charge < -0.3 is 9.88 Å². The van der Waals surface area contributed by atoms with Gasteiger partial charge in [-0.15, -0.1) is 0 Å². The Morgan fingerprint density at radius 3 is 3.06 bits per heavy atom. The predicted octanol–water partition coefficient (Wildman–Crippen LogP) is 0.318. The molecule has 1 aliphatic heterocycles. The fourth-order valence-corrected chi connectivity index (χ4v) is 2.38. The number of rotatable bonds is 1. The molecule has 2 aromatic rings. The van der Waals surface area contributed by atoms with Crippen molar-refractivity contribution < 1.29 is 4.79 Å². The molecule has 94 valence electrons. The van der Waals surface area contributed by atoms with Gasteiger partial charge in [0.1, 0.15) is 23.5 Å². The minimum atomic E-state index is -0.196. The van der Waals surface area contributed by atoms with E-state index in [1.807, 2.05) is 18.5 Å². The van der Waals surface area contributed by atoms with Crippen molar-refractivity contribution in [3.05, 3.63) is 17.8 Å². The van der Waals surface area contributed by atoms with Crippen molar-refractivity contribution in [1.29, 1.82) is 0 Å². The van der Waals surface area contributed by atoms with E-state index in [-0.39, 0.29) is 11.7 Å². The monoisotopic (exact) mass is 245 g/mol. The Balaban J connectivity index is 2.16. The van der Waals surface area contributed by atoms with Crippen LogP contribution in [-0.4, -0.2) is 38.4 Å². The van der Waals surface area contributed by atoms with Crippen LogP contribution in [0.2, 0.25) is 0 Å². The second kappa shape index (κ2) is 4.13. The van der Waals surface area contributed by atoms with Crippen LogP contribution in [0.5, 0.6) is 0 Å². The van der Waals surface area contributed by atoms with Gasteiger partial charge in [0.25, 0.3) is 0 Å². The summed E-state index contributed by atoms with van der Waals surface area (Å²) in [7, 11) is 1.92. The molecule has 1 N–H and O–H groups in total. The average molecular weight is 245 g/mol. The largest absolute Gasteiger partial charge is 0.316 e. The molecule has 0 bridgehead atoms. The molecule has 3 heterocycles. The second-order valence-electron chi connectivity index (χ2n) is 4.62. The van der Waals surface area contributed by atoms with Crippen LogP contribution in [0.4, 0.5) is 0 Å². The van der Waals surface area contributed by atoms with Crippen molar-refractivity contribution in [2.75, 3.05) is 13.1 Å². The van der Waals surface area contributed by atoms with Gasteiger partial charge in [-0.05, 0) is 6.92 Å². The molecular weight excluding hydrogens is 230 g/mol. The predicted molar refractivity (Wildman–Crippen MR) is 66.3 cm³/mol. The van der Waals surface area contributed by atoms with Crippen LogP contribution in [0, 0.1) is 6.92 Å². The third-order valence-electron chi connectivity index (χ3n) is 3.52. The Hall–Kier alpha value is -1.82.